The third-order valence-electron chi connectivity index (χ3n) is 1.03. The molecule has 1 heterocycles. The molecular formula is C5H6BrN3O. The van der Waals surface area contributed by atoms with Gasteiger partial charge in [-0.15, -0.1) is 0 Å². The molecule has 0 aliphatic carbocycles. The summed E-state index contributed by atoms with van der Waals surface area (Å²) in [5, 5.41) is 10.8. The fourth-order valence-electron chi connectivity index (χ4n) is 0.571. The van der Waals surface area contributed by atoms with Gasteiger partial charge in [-0.05, 0) is 22.9 Å². The van der Waals surface area contributed by atoms with Gasteiger partial charge in [0.1, 0.15) is 6.20 Å². The Morgan fingerprint density at radius 2 is 2.40 bits per heavy atom. The van der Waals surface area contributed by atoms with Crippen LogP contribution in [0.3, 0.4) is 0 Å². The van der Waals surface area contributed by atoms with Crippen molar-refractivity contribution >= 4 is 21.7 Å². The fraction of sp³-hybridized carbons (Fsp3) is 0.200. The van der Waals surface area contributed by atoms with Crippen molar-refractivity contribution < 1.29 is 4.73 Å². The molecule has 0 spiro atoms. The summed E-state index contributed by atoms with van der Waals surface area (Å²) in [5.41, 5.74) is 5.93. The minimum atomic E-state index is 0.0885. The van der Waals surface area contributed by atoms with E-state index in [0.717, 1.165) is 0 Å². The standard InChI is InChI=1S/C5H6BrN3O/c1-3-2-9(10)5(7)4(6)8-3/h2H,7H2,1H3. The Balaban J connectivity index is 3.31. The van der Waals surface area contributed by atoms with Gasteiger partial charge >= 0.3 is 5.82 Å². The summed E-state index contributed by atoms with van der Waals surface area (Å²) in [6, 6.07) is 0. The first-order valence-corrected chi connectivity index (χ1v) is 3.42. The van der Waals surface area contributed by atoms with Crippen LogP contribution in [0.15, 0.2) is 10.8 Å². The molecule has 0 saturated carbocycles. The second-order valence-electron chi connectivity index (χ2n) is 1.88. The van der Waals surface area contributed by atoms with Gasteiger partial charge in [-0.2, -0.15) is 0 Å². The summed E-state index contributed by atoms with van der Waals surface area (Å²) in [5.74, 6) is 0.0885. The lowest BCUT2D eigenvalue weighted by atomic mass is 10.5. The van der Waals surface area contributed by atoms with E-state index in [9.17, 15) is 5.21 Å². The molecule has 54 valence electrons. The zero-order valence-corrected chi connectivity index (χ0v) is 6.92. The highest BCUT2D eigenvalue weighted by Crippen LogP contribution is 2.10. The summed E-state index contributed by atoms with van der Waals surface area (Å²) in [6.07, 6.45) is 1.32. The predicted molar refractivity (Wildman–Crippen MR) is 40.0 cm³/mol. The van der Waals surface area contributed by atoms with Crippen molar-refractivity contribution in [3.8, 4) is 0 Å². The highest BCUT2D eigenvalue weighted by Gasteiger charge is 2.04. The van der Waals surface area contributed by atoms with E-state index in [1.54, 1.807) is 6.92 Å². The molecule has 0 aromatic carbocycles. The lowest BCUT2D eigenvalue weighted by Gasteiger charge is -2.04. The zero-order valence-electron chi connectivity index (χ0n) is 5.34. The van der Waals surface area contributed by atoms with Crippen molar-refractivity contribution in [2.24, 2.45) is 0 Å². The van der Waals surface area contributed by atoms with Gasteiger partial charge in [0.15, 0.2) is 4.60 Å². The van der Waals surface area contributed by atoms with Crippen molar-refractivity contribution in [1.29, 1.82) is 0 Å². The normalized spacial score (nSPS) is 9.80. The Labute approximate surface area is 66.4 Å². The molecule has 1 aromatic rings. The van der Waals surface area contributed by atoms with Gasteiger partial charge in [0.25, 0.3) is 0 Å². The van der Waals surface area contributed by atoms with Crippen LogP contribution < -0.4 is 10.5 Å². The lowest BCUT2D eigenvalue weighted by molar-refractivity contribution is -0.591. The van der Waals surface area contributed by atoms with Crippen LogP contribution >= 0.6 is 15.9 Å². The second-order valence-corrected chi connectivity index (χ2v) is 2.64. The van der Waals surface area contributed by atoms with Crippen molar-refractivity contribution in [2.45, 2.75) is 6.92 Å². The van der Waals surface area contributed by atoms with Crippen LogP contribution in [-0.4, -0.2) is 4.98 Å². The third kappa shape index (κ3) is 1.18. The molecule has 1 rings (SSSR count). The van der Waals surface area contributed by atoms with Gasteiger partial charge in [-0.1, -0.05) is 0 Å². The Hall–Kier alpha value is -0.840. The first-order valence-electron chi connectivity index (χ1n) is 2.63. The molecule has 0 aliphatic heterocycles. The Morgan fingerprint density at radius 1 is 1.80 bits per heavy atom. The van der Waals surface area contributed by atoms with Crippen LogP contribution in [0.5, 0.6) is 0 Å². The van der Waals surface area contributed by atoms with E-state index in [1.807, 2.05) is 0 Å². The van der Waals surface area contributed by atoms with Gasteiger partial charge in [-0.3, -0.25) is 5.73 Å². The maximum absolute atomic E-state index is 10.8. The Kier molecular flexibility index (Phi) is 1.76. The van der Waals surface area contributed by atoms with Crippen LogP contribution in [0.2, 0.25) is 0 Å². The minimum Gasteiger partial charge on any atom is -0.710 e. The van der Waals surface area contributed by atoms with Crippen molar-refractivity contribution in [3.05, 3.63) is 21.7 Å². The quantitative estimate of drug-likeness (QED) is 0.490. The van der Waals surface area contributed by atoms with E-state index in [1.165, 1.54) is 6.20 Å². The number of anilines is 1. The number of aryl methyl sites for hydroxylation is 1. The van der Waals surface area contributed by atoms with Crippen LogP contribution in [0.25, 0.3) is 0 Å². The molecule has 0 atom stereocenters. The molecule has 0 unspecified atom stereocenters. The molecule has 0 radical (unpaired) electrons. The molecule has 0 aliphatic rings. The Morgan fingerprint density at radius 3 is 2.90 bits per heavy atom. The summed E-state index contributed by atoms with van der Waals surface area (Å²) in [7, 11) is 0. The molecule has 10 heavy (non-hydrogen) atoms. The van der Waals surface area contributed by atoms with E-state index in [2.05, 4.69) is 20.9 Å². The van der Waals surface area contributed by atoms with Crippen LogP contribution in [0.1, 0.15) is 5.69 Å². The molecule has 0 fully saturated rings. The van der Waals surface area contributed by atoms with Gasteiger partial charge in [-0.25, -0.2) is 9.71 Å². The molecule has 4 nitrogen and oxygen atoms in total. The number of nitrogen functional groups attached to an aromatic ring is 1. The maximum Gasteiger partial charge on any atom is 0.309 e. The van der Waals surface area contributed by atoms with Crippen LogP contribution in [-0.2, 0) is 0 Å². The number of halogens is 1. The van der Waals surface area contributed by atoms with Gasteiger partial charge in [0.05, 0.1) is 5.69 Å². The summed E-state index contributed by atoms with van der Waals surface area (Å²) in [4.78, 5) is 3.90. The monoisotopic (exact) mass is 203 g/mol. The molecular weight excluding hydrogens is 198 g/mol. The van der Waals surface area contributed by atoms with E-state index < -0.39 is 0 Å². The van der Waals surface area contributed by atoms with E-state index in [4.69, 9.17) is 5.73 Å². The summed E-state index contributed by atoms with van der Waals surface area (Å²) in [6.45, 7) is 1.72. The first kappa shape index (κ1) is 7.27. The summed E-state index contributed by atoms with van der Waals surface area (Å²) >= 11 is 3.04. The average Bonchev–Trinajstić information content (AvgIpc) is 1.82. The van der Waals surface area contributed by atoms with E-state index >= 15 is 0 Å². The largest absolute Gasteiger partial charge is 0.710 e. The van der Waals surface area contributed by atoms with E-state index in [0.29, 0.717) is 15.0 Å². The predicted octanol–water partition coefficient (Wildman–Crippen LogP) is 0.368. The van der Waals surface area contributed by atoms with Crippen LogP contribution in [0, 0.1) is 12.1 Å². The fourth-order valence-corrected chi connectivity index (χ4v) is 1.03. The topological polar surface area (TPSA) is 65.8 Å². The molecule has 0 bridgehead atoms. The van der Waals surface area contributed by atoms with Crippen LogP contribution in [0.4, 0.5) is 5.82 Å². The van der Waals surface area contributed by atoms with Crippen molar-refractivity contribution in [3.63, 3.8) is 0 Å². The molecule has 1 aromatic heterocycles. The highest BCUT2D eigenvalue weighted by molar-refractivity contribution is 9.10. The SMILES string of the molecule is Cc1c[n+]([O-])c(N)c(Br)n1. The number of nitrogens with two attached hydrogens (primary N) is 1. The smallest absolute Gasteiger partial charge is 0.309 e. The average molecular weight is 204 g/mol. The number of nitrogens with zero attached hydrogens (tertiary/aromatic N) is 2. The second kappa shape index (κ2) is 2.42. The molecule has 2 N–H and O–H groups in total. The van der Waals surface area contributed by atoms with Crippen molar-refractivity contribution in [1.82, 2.24) is 4.98 Å². The zero-order chi connectivity index (χ0) is 7.72. The Bertz CT molecular complexity index is 240. The first-order chi connectivity index (χ1) is 4.61. The minimum absolute atomic E-state index is 0.0885. The third-order valence-corrected chi connectivity index (χ3v) is 1.61. The highest BCUT2D eigenvalue weighted by atomic mass is 79.9. The molecule has 0 saturated heterocycles. The van der Waals surface area contributed by atoms with Gasteiger partial charge in [0, 0.05) is 0 Å². The lowest BCUT2D eigenvalue weighted by Crippen LogP contribution is -2.31. The van der Waals surface area contributed by atoms with E-state index in [-0.39, 0.29) is 5.82 Å². The van der Waals surface area contributed by atoms with Gasteiger partial charge in [0.2, 0.25) is 0 Å². The molecule has 0 amide bonds. The number of aromatic nitrogens is 2. The maximum atomic E-state index is 10.8. The number of hydrogen-bond acceptors (Lipinski definition) is 3. The molecule has 5 heteroatoms. The van der Waals surface area contributed by atoms with Crippen molar-refractivity contribution in [2.75, 3.05) is 5.73 Å². The number of hydrogen-bond donors (Lipinski definition) is 1. The summed E-state index contributed by atoms with van der Waals surface area (Å²) < 4.78 is 0.967. The number of rotatable bonds is 0. The van der Waals surface area contributed by atoms with Gasteiger partial charge < -0.3 is 5.21 Å².